The van der Waals surface area contributed by atoms with Crippen LogP contribution in [-0.4, -0.2) is 25.3 Å². The molecule has 15 rings (SSSR count). The van der Waals surface area contributed by atoms with Crippen LogP contribution in [0, 0.1) is 0 Å². The lowest BCUT2D eigenvalue weighted by Gasteiger charge is -2.36. The van der Waals surface area contributed by atoms with Crippen LogP contribution >= 0.6 is 0 Å². The molecule has 0 fully saturated rings. The van der Waals surface area contributed by atoms with Gasteiger partial charge < -0.3 is 9.13 Å². The van der Waals surface area contributed by atoms with E-state index < -0.39 is 16.1 Å². The van der Waals surface area contributed by atoms with E-state index in [9.17, 15) is 0 Å². The first-order valence-corrected chi connectivity index (χ1v) is 32.4. The highest BCUT2D eigenvalue weighted by Crippen LogP contribution is 2.43. The zero-order chi connectivity index (χ0) is 54.5. The Bertz CT molecular complexity index is 4500. The van der Waals surface area contributed by atoms with Crippen LogP contribution in [0.15, 0.2) is 340 Å². The lowest BCUT2D eigenvalue weighted by Crippen LogP contribution is -2.74. The quantitative estimate of drug-likeness (QED) is 0.0852. The monoisotopic (exact) mass is 1080 g/mol. The standard InChI is InChI=1S/C78H56N2Si2/c1-9-30-57(31-10-1)69-55-66(81(60-34-13-3-14-35-60,61-36-15-4-16-37-61)62-38-17-5-18-39-62)56-70(58-32-11-2-12-33-58)78(69)80-72-48-27-25-46-67(72)71-54-59(52-53-74(71)80)79-73-49-28-26-47-68(73)77-75(79)50-29-51-76(77)82(63-40-19-6-20-41-63,64-42-21-7-22-43-64)65-44-23-8-24-45-65/h1-56H. The third-order valence-electron chi connectivity index (χ3n) is 17.2. The zero-order valence-electron chi connectivity index (χ0n) is 45.2. The Balaban J connectivity index is 1.02. The van der Waals surface area contributed by atoms with Crippen molar-refractivity contribution in [2.24, 2.45) is 0 Å². The molecule has 0 amide bonds. The molecule has 15 aromatic rings. The number of para-hydroxylation sites is 2. The zero-order valence-corrected chi connectivity index (χ0v) is 47.2. The molecule has 0 aliphatic heterocycles. The van der Waals surface area contributed by atoms with Gasteiger partial charge in [0.25, 0.3) is 0 Å². The van der Waals surface area contributed by atoms with E-state index in [0.717, 1.165) is 22.4 Å². The van der Waals surface area contributed by atoms with Crippen molar-refractivity contribution in [1.29, 1.82) is 0 Å². The minimum Gasteiger partial charge on any atom is -0.309 e. The predicted octanol–water partition coefficient (Wildman–Crippen LogP) is 14.0. The summed E-state index contributed by atoms with van der Waals surface area (Å²) in [5.41, 5.74) is 11.6. The van der Waals surface area contributed by atoms with Crippen molar-refractivity contribution < 1.29 is 0 Å². The van der Waals surface area contributed by atoms with E-state index >= 15 is 0 Å². The molecule has 2 aromatic heterocycles. The van der Waals surface area contributed by atoms with Crippen molar-refractivity contribution in [3.05, 3.63) is 340 Å². The van der Waals surface area contributed by atoms with E-state index in [-0.39, 0.29) is 0 Å². The Hall–Kier alpha value is -10.1. The number of fused-ring (bicyclic) bond motifs is 6. The van der Waals surface area contributed by atoms with Gasteiger partial charge >= 0.3 is 0 Å². The van der Waals surface area contributed by atoms with Gasteiger partial charge in [-0.15, -0.1) is 0 Å². The molecule has 2 nitrogen and oxygen atoms in total. The number of hydrogen-bond acceptors (Lipinski definition) is 0. The van der Waals surface area contributed by atoms with Gasteiger partial charge in [-0.05, 0) is 89.0 Å². The molecular formula is C78H56N2Si2. The van der Waals surface area contributed by atoms with Gasteiger partial charge in [0, 0.05) is 38.4 Å². The van der Waals surface area contributed by atoms with Crippen LogP contribution in [0.3, 0.4) is 0 Å². The number of hydrogen-bond donors (Lipinski definition) is 0. The molecule has 0 saturated heterocycles. The van der Waals surface area contributed by atoms with Gasteiger partial charge in [0.05, 0.1) is 27.8 Å². The third-order valence-corrected chi connectivity index (χ3v) is 26.8. The van der Waals surface area contributed by atoms with Gasteiger partial charge in [0.15, 0.2) is 16.1 Å². The Labute approximate surface area is 480 Å². The normalized spacial score (nSPS) is 11.9. The van der Waals surface area contributed by atoms with Crippen LogP contribution in [0.4, 0.5) is 0 Å². The molecular weight excluding hydrogens is 1020 g/mol. The Kier molecular flexibility index (Phi) is 12.3. The van der Waals surface area contributed by atoms with Gasteiger partial charge in [0.1, 0.15) is 0 Å². The fourth-order valence-electron chi connectivity index (χ4n) is 13.8. The summed E-state index contributed by atoms with van der Waals surface area (Å²) in [4.78, 5) is 0. The van der Waals surface area contributed by atoms with E-state index in [1.165, 1.54) is 96.3 Å². The SMILES string of the molecule is c1ccc(-c2cc([Si](c3ccccc3)(c3ccccc3)c3ccccc3)cc(-c3ccccc3)c2-n2c3ccccc3c3cc(-n4c5ccccc5c5c([Si](c6ccccc6)(c6ccccc6)c6ccccc6)cccc54)ccc32)cc1. The second-order valence-electron chi connectivity index (χ2n) is 21.5. The first-order valence-electron chi connectivity index (χ1n) is 28.4. The van der Waals surface area contributed by atoms with Gasteiger partial charge in [-0.3, -0.25) is 0 Å². The molecule has 0 atom stereocenters. The smallest absolute Gasteiger partial charge is 0.180 e. The van der Waals surface area contributed by atoms with Crippen molar-refractivity contribution in [2.75, 3.05) is 0 Å². The highest BCUT2D eigenvalue weighted by atomic mass is 28.3. The fourth-order valence-corrected chi connectivity index (χ4v) is 23.6. The van der Waals surface area contributed by atoms with Crippen molar-refractivity contribution >= 4 is 101 Å². The van der Waals surface area contributed by atoms with E-state index in [2.05, 4.69) is 349 Å². The Morgan fingerprint density at radius 1 is 0.220 bits per heavy atom. The van der Waals surface area contributed by atoms with E-state index in [4.69, 9.17) is 0 Å². The maximum absolute atomic E-state index is 3.01. The predicted molar refractivity (Wildman–Crippen MR) is 353 cm³/mol. The van der Waals surface area contributed by atoms with Crippen molar-refractivity contribution in [3.8, 4) is 33.6 Å². The molecule has 13 aromatic carbocycles. The molecule has 386 valence electrons. The van der Waals surface area contributed by atoms with Crippen LogP contribution < -0.4 is 41.5 Å². The Morgan fingerprint density at radius 3 is 1.02 bits per heavy atom. The number of benzene rings is 13. The summed E-state index contributed by atoms with van der Waals surface area (Å²) < 4.78 is 5.10. The summed E-state index contributed by atoms with van der Waals surface area (Å²) in [6, 6.07) is 128. The van der Waals surface area contributed by atoms with Crippen molar-refractivity contribution in [2.45, 2.75) is 0 Å². The highest BCUT2D eigenvalue weighted by molar-refractivity contribution is 7.21. The van der Waals surface area contributed by atoms with E-state index in [1.54, 1.807) is 0 Å². The molecule has 0 saturated carbocycles. The molecule has 82 heavy (non-hydrogen) atoms. The summed E-state index contributed by atoms with van der Waals surface area (Å²) in [6.45, 7) is 0. The maximum Gasteiger partial charge on any atom is 0.180 e. The van der Waals surface area contributed by atoms with Crippen LogP contribution in [0.25, 0.3) is 77.2 Å². The summed E-state index contributed by atoms with van der Waals surface area (Å²) in [5.74, 6) is 0. The first-order chi connectivity index (χ1) is 40.7. The highest BCUT2D eigenvalue weighted by Gasteiger charge is 2.44. The average molecular weight is 1080 g/mol. The molecule has 0 spiro atoms. The Morgan fingerprint density at radius 2 is 0.573 bits per heavy atom. The molecule has 0 N–H and O–H groups in total. The van der Waals surface area contributed by atoms with Crippen molar-refractivity contribution in [3.63, 3.8) is 0 Å². The lowest BCUT2D eigenvalue weighted by atomic mass is 9.95. The maximum atomic E-state index is 2.57. The topological polar surface area (TPSA) is 9.86 Å². The minimum atomic E-state index is -3.01. The summed E-state index contributed by atoms with van der Waals surface area (Å²) >= 11 is 0. The molecule has 4 heteroatoms. The molecule has 0 bridgehead atoms. The van der Waals surface area contributed by atoms with Gasteiger partial charge in [-0.1, -0.05) is 303 Å². The van der Waals surface area contributed by atoms with Gasteiger partial charge in [-0.2, -0.15) is 0 Å². The van der Waals surface area contributed by atoms with E-state index in [0.29, 0.717) is 0 Å². The first kappa shape index (κ1) is 49.0. The second kappa shape index (κ2) is 20.5. The van der Waals surface area contributed by atoms with E-state index in [1.807, 2.05) is 0 Å². The molecule has 0 aliphatic rings. The van der Waals surface area contributed by atoms with Crippen molar-refractivity contribution in [1.82, 2.24) is 9.13 Å². The molecule has 0 radical (unpaired) electrons. The summed E-state index contributed by atoms with van der Waals surface area (Å²) in [6.07, 6.45) is 0. The van der Waals surface area contributed by atoms with Crippen LogP contribution in [0.5, 0.6) is 0 Å². The van der Waals surface area contributed by atoms with Crippen LogP contribution in [0.2, 0.25) is 0 Å². The second-order valence-corrected chi connectivity index (χ2v) is 29.0. The van der Waals surface area contributed by atoms with Crippen LogP contribution in [-0.2, 0) is 0 Å². The molecule has 0 unspecified atom stereocenters. The minimum absolute atomic E-state index is 1.12. The van der Waals surface area contributed by atoms with Gasteiger partial charge in [0.2, 0.25) is 0 Å². The summed E-state index contributed by atoms with van der Waals surface area (Å²) in [5, 5.41) is 15.7. The molecule has 0 aliphatic carbocycles. The average Bonchev–Trinajstić information content (AvgIpc) is 3.71. The summed E-state index contributed by atoms with van der Waals surface area (Å²) in [7, 11) is -5.95. The van der Waals surface area contributed by atoms with Gasteiger partial charge in [-0.25, -0.2) is 0 Å². The molecule has 2 heterocycles. The number of rotatable bonds is 12. The largest absolute Gasteiger partial charge is 0.309 e. The number of nitrogens with zero attached hydrogens (tertiary/aromatic N) is 2. The fraction of sp³-hybridized carbons (Fsp3) is 0. The van der Waals surface area contributed by atoms with Crippen LogP contribution in [0.1, 0.15) is 0 Å². The third kappa shape index (κ3) is 7.75. The lowest BCUT2D eigenvalue weighted by molar-refractivity contribution is 1.17. The number of aromatic nitrogens is 2.